The van der Waals surface area contributed by atoms with Crippen molar-refractivity contribution in [3.8, 4) is 0 Å². The lowest BCUT2D eigenvalue weighted by Gasteiger charge is -2.22. The van der Waals surface area contributed by atoms with E-state index in [4.69, 9.17) is 5.73 Å². The van der Waals surface area contributed by atoms with Gasteiger partial charge in [-0.25, -0.2) is 17.5 Å². The first-order valence-electron chi connectivity index (χ1n) is 5.28. The molecule has 0 radical (unpaired) electrons. The van der Waals surface area contributed by atoms with Crippen molar-refractivity contribution in [2.75, 3.05) is 18.5 Å². The number of benzene rings is 1. The maximum atomic E-state index is 13.2. The van der Waals surface area contributed by atoms with Crippen LogP contribution in [0.5, 0.6) is 0 Å². The Bertz CT molecular complexity index is 530. The van der Waals surface area contributed by atoms with E-state index >= 15 is 0 Å². The summed E-state index contributed by atoms with van der Waals surface area (Å²) in [5.41, 5.74) is 5.09. The van der Waals surface area contributed by atoms with Gasteiger partial charge in [0.15, 0.2) is 0 Å². The molecule has 18 heavy (non-hydrogen) atoms. The van der Waals surface area contributed by atoms with E-state index < -0.39 is 15.8 Å². The smallest absolute Gasteiger partial charge is 0.242 e. The summed E-state index contributed by atoms with van der Waals surface area (Å²) in [6, 6.07) is 3.73. The normalized spacial score (nSPS) is 12.7. The summed E-state index contributed by atoms with van der Waals surface area (Å²) in [5.74, 6) is -0.734. The Balaban J connectivity index is 2.98. The fourth-order valence-corrected chi connectivity index (χ4v) is 2.83. The molecule has 0 aliphatic rings. The van der Waals surface area contributed by atoms with Crippen molar-refractivity contribution in [1.29, 1.82) is 0 Å². The van der Waals surface area contributed by atoms with Crippen molar-refractivity contribution in [3.05, 3.63) is 24.0 Å². The Morgan fingerprint density at radius 1 is 1.44 bits per heavy atom. The molecule has 0 spiro atoms. The number of hydrogen-bond donors (Lipinski definition) is 2. The number of rotatable bonds is 5. The monoisotopic (exact) mass is 292 g/mol. The minimum Gasteiger partial charge on any atom is -0.395 e. The van der Waals surface area contributed by atoms with Gasteiger partial charge >= 0.3 is 0 Å². The molecule has 3 N–H and O–H groups in total. The summed E-state index contributed by atoms with van der Waals surface area (Å²) in [7, 11) is -3.79. The van der Waals surface area contributed by atoms with Gasteiger partial charge in [-0.05, 0) is 32.2 Å². The van der Waals surface area contributed by atoms with Crippen LogP contribution >= 0.6 is 11.8 Å². The maximum absolute atomic E-state index is 13.2. The first kappa shape index (κ1) is 15.3. The minimum absolute atomic E-state index is 0.223. The Hall–Kier alpha value is -0.790. The van der Waals surface area contributed by atoms with Crippen molar-refractivity contribution in [2.45, 2.75) is 23.5 Å². The van der Waals surface area contributed by atoms with Crippen LogP contribution in [-0.2, 0) is 10.0 Å². The Kier molecular flexibility index (Phi) is 4.63. The van der Waals surface area contributed by atoms with E-state index in [9.17, 15) is 12.8 Å². The zero-order chi connectivity index (χ0) is 14.0. The van der Waals surface area contributed by atoms with Crippen LogP contribution in [0.1, 0.15) is 13.8 Å². The van der Waals surface area contributed by atoms with Crippen LogP contribution in [0, 0.1) is 5.82 Å². The van der Waals surface area contributed by atoms with Gasteiger partial charge in [0.05, 0.1) is 5.69 Å². The van der Waals surface area contributed by atoms with Crippen LogP contribution in [0.25, 0.3) is 0 Å². The number of nitrogens with one attached hydrogen (secondary N) is 1. The van der Waals surface area contributed by atoms with Gasteiger partial charge < -0.3 is 5.73 Å². The summed E-state index contributed by atoms with van der Waals surface area (Å²) < 4.78 is 39.4. The largest absolute Gasteiger partial charge is 0.395 e. The van der Waals surface area contributed by atoms with Crippen LogP contribution < -0.4 is 10.5 Å². The van der Waals surface area contributed by atoms with Gasteiger partial charge in [0, 0.05) is 11.3 Å². The van der Waals surface area contributed by atoms with E-state index in [0.29, 0.717) is 0 Å². The van der Waals surface area contributed by atoms with Gasteiger partial charge in [0.25, 0.3) is 0 Å². The van der Waals surface area contributed by atoms with Crippen molar-refractivity contribution in [2.24, 2.45) is 0 Å². The summed E-state index contributed by atoms with van der Waals surface area (Å²) >= 11 is 1.54. The van der Waals surface area contributed by atoms with Crippen molar-refractivity contribution < 1.29 is 12.8 Å². The van der Waals surface area contributed by atoms with Crippen molar-refractivity contribution in [3.63, 3.8) is 0 Å². The van der Waals surface area contributed by atoms with E-state index in [1.54, 1.807) is 0 Å². The first-order valence-corrected chi connectivity index (χ1v) is 7.99. The van der Waals surface area contributed by atoms with Gasteiger partial charge in [0.2, 0.25) is 10.0 Å². The van der Waals surface area contributed by atoms with Crippen LogP contribution in [0.15, 0.2) is 23.1 Å². The molecule has 0 atom stereocenters. The molecule has 102 valence electrons. The van der Waals surface area contributed by atoms with Gasteiger partial charge in [-0.15, -0.1) is 0 Å². The molecule has 0 aromatic heterocycles. The van der Waals surface area contributed by atoms with E-state index in [1.165, 1.54) is 23.9 Å². The third-order valence-electron chi connectivity index (χ3n) is 2.54. The van der Waals surface area contributed by atoms with Crippen LogP contribution in [0.3, 0.4) is 0 Å². The van der Waals surface area contributed by atoms with E-state index in [-0.39, 0.29) is 21.9 Å². The van der Waals surface area contributed by atoms with Crippen LogP contribution in [0.2, 0.25) is 0 Å². The zero-order valence-electron chi connectivity index (χ0n) is 10.5. The average Bonchev–Trinajstić information content (AvgIpc) is 2.30. The lowest BCUT2D eigenvalue weighted by molar-refractivity contribution is 0.569. The number of anilines is 1. The predicted molar refractivity (Wildman–Crippen MR) is 73.6 cm³/mol. The predicted octanol–water partition coefficient (Wildman–Crippen LogP) is 1.83. The van der Waals surface area contributed by atoms with E-state index in [0.717, 1.165) is 6.07 Å². The van der Waals surface area contributed by atoms with Gasteiger partial charge in [-0.3, -0.25) is 0 Å². The molecule has 0 bridgehead atoms. The summed E-state index contributed by atoms with van der Waals surface area (Å²) in [5, 5.41) is 0. The topological polar surface area (TPSA) is 72.2 Å². The average molecular weight is 292 g/mol. The molecule has 1 rings (SSSR count). The molecule has 0 heterocycles. The van der Waals surface area contributed by atoms with Gasteiger partial charge in [0.1, 0.15) is 10.7 Å². The minimum atomic E-state index is -3.79. The SMILES string of the molecule is CSC(C)(C)CNS(=O)(=O)c1cccc(F)c1N. The van der Waals surface area contributed by atoms with E-state index in [2.05, 4.69) is 4.72 Å². The third-order valence-corrected chi connectivity index (χ3v) is 5.25. The maximum Gasteiger partial charge on any atom is 0.242 e. The second-order valence-electron chi connectivity index (χ2n) is 4.44. The molecule has 0 aliphatic heterocycles. The number of hydrogen-bond acceptors (Lipinski definition) is 4. The van der Waals surface area contributed by atoms with Crippen LogP contribution in [-0.4, -0.2) is 26.0 Å². The molecule has 0 saturated heterocycles. The molecule has 0 unspecified atom stereocenters. The Morgan fingerprint density at radius 2 is 2.06 bits per heavy atom. The summed E-state index contributed by atoms with van der Waals surface area (Å²) in [4.78, 5) is -0.223. The molecule has 0 fully saturated rings. The Labute approximate surface area is 111 Å². The number of sulfonamides is 1. The van der Waals surface area contributed by atoms with Gasteiger partial charge in [-0.1, -0.05) is 6.07 Å². The highest BCUT2D eigenvalue weighted by Gasteiger charge is 2.23. The fraction of sp³-hybridized carbons (Fsp3) is 0.455. The highest BCUT2D eigenvalue weighted by molar-refractivity contribution is 8.00. The zero-order valence-corrected chi connectivity index (χ0v) is 12.2. The van der Waals surface area contributed by atoms with E-state index in [1.807, 2.05) is 20.1 Å². The van der Waals surface area contributed by atoms with Crippen molar-refractivity contribution >= 4 is 27.5 Å². The third kappa shape index (κ3) is 3.60. The summed E-state index contributed by atoms with van der Waals surface area (Å²) in [6.07, 6.45) is 1.89. The second-order valence-corrected chi connectivity index (χ2v) is 7.69. The number of nitrogens with two attached hydrogens (primary N) is 1. The first-order chi connectivity index (χ1) is 8.19. The molecule has 0 saturated carbocycles. The molecular weight excluding hydrogens is 275 g/mol. The molecule has 0 aliphatic carbocycles. The molecular formula is C11H17FN2O2S2. The van der Waals surface area contributed by atoms with Crippen molar-refractivity contribution in [1.82, 2.24) is 4.72 Å². The molecule has 0 amide bonds. The number of thioether (sulfide) groups is 1. The molecule has 1 aromatic carbocycles. The molecule has 1 aromatic rings. The van der Waals surface area contributed by atoms with Crippen LogP contribution in [0.4, 0.5) is 10.1 Å². The summed E-state index contributed by atoms with van der Waals surface area (Å²) in [6.45, 7) is 4.07. The number of halogens is 1. The number of para-hydroxylation sites is 1. The standard InChI is InChI=1S/C11H17FN2O2S2/c1-11(2,17-3)7-14-18(15,16)9-6-4-5-8(12)10(9)13/h4-6,14H,7,13H2,1-3H3. The second kappa shape index (κ2) is 5.46. The number of nitrogen functional groups attached to an aromatic ring is 1. The molecule has 7 heteroatoms. The highest BCUT2D eigenvalue weighted by atomic mass is 32.2. The fourth-order valence-electron chi connectivity index (χ4n) is 1.17. The highest BCUT2D eigenvalue weighted by Crippen LogP contribution is 2.23. The molecule has 4 nitrogen and oxygen atoms in total. The van der Waals surface area contributed by atoms with Gasteiger partial charge in [-0.2, -0.15) is 11.8 Å². The lowest BCUT2D eigenvalue weighted by atomic mass is 10.2. The lowest BCUT2D eigenvalue weighted by Crippen LogP contribution is -2.36. The quantitative estimate of drug-likeness (QED) is 0.812. The Morgan fingerprint density at radius 3 is 2.61 bits per heavy atom.